The topological polar surface area (TPSA) is 0 Å². The van der Waals surface area contributed by atoms with Crippen molar-refractivity contribution in [2.45, 2.75) is 44.9 Å². The second kappa shape index (κ2) is 4.57. The first-order chi connectivity index (χ1) is 7.18. The van der Waals surface area contributed by atoms with E-state index >= 15 is 0 Å². The summed E-state index contributed by atoms with van der Waals surface area (Å²) in [5, 5.41) is 0.164. The van der Waals surface area contributed by atoms with Gasteiger partial charge in [0, 0.05) is 0 Å². The molecule has 82 valence electrons. The molecule has 1 aliphatic carbocycles. The van der Waals surface area contributed by atoms with Gasteiger partial charge in [-0.15, -0.1) is 11.6 Å². The van der Waals surface area contributed by atoms with E-state index < -0.39 is 0 Å². The van der Waals surface area contributed by atoms with Gasteiger partial charge >= 0.3 is 0 Å². The molecule has 0 radical (unpaired) electrons. The van der Waals surface area contributed by atoms with Crippen LogP contribution < -0.4 is 0 Å². The number of benzene rings is 1. The Kier molecular flexibility index (Phi) is 3.35. The van der Waals surface area contributed by atoms with Gasteiger partial charge in [0.2, 0.25) is 0 Å². The number of hydrogen-bond acceptors (Lipinski definition) is 0. The molecule has 0 saturated carbocycles. The highest BCUT2D eigenvalue weighted by molar-refractivity contribution is 6.20. The van der Waals surface area contributed by atoms with Crippen molar-refractivity contribution in [1.29, 1.82) is 0 Å². The number of fused-ring (bicyclic) bond motifs is 1. The molecule has 15 heavy (non-hydrogen) atoms. The summed E-state index contributed by atoms with van der Waals surface area (Å²) in [5.74, 6) is 0.508. The van der Waals surface area contributed by atoms with E-state index in [2.05, 4.69) is 32.0 Å². The minimum absolute atomic E-state index is 0.164. The van der Waals surface area contributed by atoms with Crippen molar-refractivity contribution in [3.8, 4) is 0 Å². The minimum atomic E-state index is 0.164. The summed E-state index contributed by atoms with van der Waals surface area (Å²) < 4.78 is 0. The van der Waals surface area contributed by atoms with Crippen LogP contribution in [-0.2, 0) is 12.8 Å². The largest absolute Gasteiger partial charge is 0.118 e. The summed E-state index contributed by atoms with van der Waals surface area (Å²) in [5.41, 5.74) is 4.37. The lowest BCUT2D eigenvalue weighted by Crippen LogP contribution is -2.05. The zero-order valence-corrected chi connectivity index (χ0v) is 10.3. The number of rotatable bonds is 2. The first-order valence-electron chi connectivity index (χ1n) is 5.94. The predicted molar refractivity (Wildman–Crippen MR) is 66.5 cm³/mol. The van der Waals surface area contributed by atoms with E-state index in [1.807, 2.05) is 0 Å². The molecular formula is C14H19Cl. The molecule has 1 aromatic rings. The second-order valence-corrected chi connectivity index (χ2v) is 5.35. The van der Waals surface area contributed by atoms with E-state index in [9.17, 15) is 0 Å². The Morgan fingerprint density at radius 1 is 1.07 bits per heavy atom. The lowest BCUT2D eigenvalue weighted by Gasteiger charge is -2.19. The lowest BCUT2D eigenvalue weighted by molar-refractivity contribution is 0.620. The van der Waals surface area contributed by atoms with Gasteiger partial charge in [-0.1, -0.05) is 32.0 Å². The van der Waals surface area contributed by atoms with E-state index in [0.29, 0.717) is 5.92 Å². The molecule has 1 aliphatic rings. The average Bonchev–Trinajstić information content (AvgIpc) is 2.27. The van der Waals surface area contributed by atoms with Crippen LogP contribution in [-0.4, -0.2) is 0 Å². The normalized spacial score (nSPS) is 17.6. The summed E-state index contributed by atoms with van der Waals surface area (Å²) in [7, 11) is 0. The van der Waals surface area contributed by atoms with Crippen molar-refractivity contribution in [2.75, 3.05) is 0 Å². The molecule has 0 fully saturated rings. The Hall–Kier alpha value is -0.490. The van der Waals surface area contributed by atoms with Crippen molar-refractivity contribution in [2.24, 2.45) is 5.92 Å². The highest BCUT2D eigenvalue weighted by atomic mass is 35.5. The van der Waals surface area contributed by atoms with E-state index in [1.54, 1.807) is 0 Å². The molecule has 0 nitrogen and oxygen atoms in total. The number of aryl methyl sites for hydroxylation is 2. The maximum Gasteiger partial charge on any atom is 0.0608 e. The van der Waals surface area contributed by atoms with Crippen molar-refractivity contribution in [3.05, 3.63) is 34.9 Å². The fourth-order valence-electron chi connectivity index (χ4n) is 2.31. The van der Waals surface area contributed by atoms with Gasteiger partial charge < -0.3 is 0 Å². The first-order valence-corrected chi connectivity index (χ1v) is 6.38. The molecule has 1 heteroatoms. The summed E-state index contributed by atoms with van der Waals surface area (Å²) >= 11 is 6.38. The quantitative estimate of drug-likeness (QED) is 0.647. The Labute approximate surface area is 97.6 Å². The molecule has 0 aromatic heterocycles. The second-order valence-electron chi connectivity index (χ2n) is 4.88. The summed E-state index contributed by atoms with van der Waals surface area (Å²) in [4.78, 5) is 0. The molecule has 0 spiro atoms. The number of alkyl halides is 1. The van der Waals surface area contributed by atoms with Crippen LogP contribution in [0.15, 0.2) is 18.2 Å². The van der Waals surface area contributed by atoms with Crippen molar-refractivity contribution in [1.82, 2.24) is 0 Å². The monoisotopic (exact) mass is 222 g/mol. The van der Waals surface area contributed by atoms with Gasteiger partial charge in [-0.3, -0.25) is 0 Å². The van der Waals surface area contributed by atoms with Gasteiger partial charge in [-0.25, -0.2) is 0 Å². The predicted octanol–water partition coefficient (Wildman–Crippen LogP) is 4.50. The third-order valence-electron chi connectivity index (χ3n) is 3.28. The average molecular weight is 223 g/mol. The van der Waals surface area contributed by atoms with Gasteiger partial charge in [0.25, 0.3) is 0 Å². The van der Waals surface area contributed by atoms with Crippen LogP contribution in [0.3, 0.4) is 0 Å². The van der Waals surface area contributed by atoms with Crippen molar-refractivity contribution in [3.63, 3.8) is 0 Å². The molecule has 0 saturated heterocycles. The highest BCUT2D eigenvalue weighted by Crippen LogP contribution is 2.31. The molecule has 0 bridgehead atoms. The van der Waals surface area contributed by atoms with Gasteiger partial charge in [0.15, 0.2) is 0 Å². The standard InChI is InChI=1S/C14H19Cl/c1-10(2)14(15)13-8-7-11-5-3-4-6-12(11)9-13/h7-10,14H,3-6H2,1-2H3. The maximum atomic E-state index is 6.38. The van der Waals surface area contributed by atoms with Crippen LogP contribution in [0.4, 0.5) is 0 Å². The Balaban J connectivity index is 2.27. The first kappa shape index (κ1) is 11.0. The van der Waals surface area contributed by atoms with E-state index in [4.69, 9.17) is 11.6 Å². The SMILES string of the molecule is CC(C)C(Cl)c1ccc2c(c1)CCCC2. The zero-order chi connectivity index (χ0) is 10.8. The molecule has 0 N–H and O–H groups in total. The van der Waals surface area contributed by atoms with Crippen molar-refractivity contribution >= 4 is 11.6 Å². The van der Waals surface area contributed by atoms with E-state index in [0.717, 1.165) is 0 Å². The molecule has 1 atom stereocenters. The Bertz CT molecular complexity index is 341. The number of hydrogen-bond donors (Lipinski definition) is 0. The molecule has 1 aromatic carbocycles. The minimum Gasteiger partial charge on any atom is -0.118 e. The van der Waals surface area contributed by atoms with E-state index in [-0.39, 0.29) is 5.38 Å². The number of halogens is 1. The van der Waals surface area contributed by atoms with Crippen LogP contribution in [0.5, 0.6) is 0 Å². The fourth-order valence-corrected chi connectivity index (χ4v) is 2.45. The zero-order valence-electron chi connectivity index (χ0n) is 9.59. The highest BCUT2D eigenvalue weighted by Gasteiger charge is 2.15. The Morgan fingerprint density at radius 2 is 1.73 bits per heavy atom. The molecular weight excluding hydrogens is 204 g/mol. The molecule has 1 unspecified atom stereocenters. The third-order valence-corrected chi connectivity index (χ3v) is 4.03. The maximum absolute atomic E-state index is 6.38. The molecule has 0 amide bonds. The van der Waals surface area contributed by atoms with Crippen LogP contribution in [0.1, 0.15) is 48.8 Å². The third kappa shape index (κ3) is 2.36. The van der Waals surface area contributed by atoms with Crippen LogP contribution >= 0.6 is 11.6 Å². The smallest absolute Gasteiger partial charge is 0.0608 e. The van der Waals surface area contributed by atoms with Gasteiger partial charge in [0.1, 0.15) is 0 Å². The van der Waals surface area contributed by atoms with Gasteiger partial charge in [-0.05, 0) is 48.3 Å². The van der Waals surface area contributed by atoms with Crippen LogP contribution in [0, 0.1) is 5.92 Å². The van der Waals surface area contributed by atoms with E-state index in [1.165, 1.54) is 42.4 Å². The Morgan fingerprint density at radius 3 is 2.40 bits per heavy atom. The molecule has 2 rings (SSSR count). The van der Waals surface area contributed by atoms with Crippen molar-refractivity contribution < 1.29 is 0 Å². The van der Waals surface area contributed by atoms with Crippen LogP contribution in [0.2, 0.25) is 0 Å². The molecule has 0 heterocycles. The summed E-state index contributed by atoms with van der Waals surface area (Å²) in [6.07, 6.45) is 5.18. The fraction of sp³-hybridized carbons (Fsp3) is 0.571. The summed E-state index contributed by atoms with van der Waals surface area (Å²) in [6, 6.07) is 6.82. The summed E-state index contributed by atoms with van der Waals surface area (Å²) in [6.45, 7) is 4.36. The van der Waals surface area contributed by atoms with Gasteiger partial charge in [-0.2, -0.15) is 0 Å². The van der Waals surface area contributed by atoms with Gasteiger partial charge in [0.05, 0.1) is 5.38 Å². The molecule has 0 aliphatic heterocycles. The van der Waals surface area contributed by atoms with Crippen LogP contribution in [0.25, 0.3) is 0 Å². The lowest BCUT2D eigenvalue weighted by atomic mass is 9.89.